The first-order valence-corrected chi connectivity index (χ1v) is 6.40. The standard InChI is InChI=1S/C13H23N3O2/c1-5-6-11(7-14)13(18)16-10(4)12(17)15-8-9(2)3/h9-11H,5-6,8H2,1-4H3,(H,15,17)(H,16,18). The van der Waals surface area contributed by atoms with Gasteiger partial charge in [-0.1, -0.05) is 27.2 Å². The van der Waals surface area contributed by atoms with Crippen LogP contribution in [0.2, 0.25) is 0 Å². The molecule has 0 aliphatic heterocycles. The van der Waals surface area contributed by atoms with E-state index in [1.165, 1.54) is 0 Å². The number of nitrogens with one attached hydrogen (secondary N) is 2. The molecule has 0 aromatic rings. The molecule has 0 fully saturated rings. The maximum Gasteiger partial charge on any atom is 0.242 e. The number of nitrogens with zero attached hydrogens (tertiary/aromatic N) is 1. The van der Waals surface area contributed by atoms with Crippen molar-refractivity contribution in [2.24, 2.45) is 11.8 Å². The van der Waals surface area contributed by atoms with E-state index < -0.39 is 12.0 Å². The molecule has 0 aliphatic rings. The van der Waals surface area contributed by atoms with Crippen molar-refractivity contribution in [3.8, 4) is 6.07 Å². The van der Waals surface area contributed by atoms with Gasteiger partial charge in [0, 0.05) is 6.54 Å². The number of rotatable bonds is 7. The molecule has 0 radical (unpaired) electrons. The van der Waals surface area contributed by atoms with Gasteiger partial charge in [0.05, 0.1) is 6.07 Å². The lowest BCUT2D eigenvalue weighted by atomic mass is 10.0. The van der Waals surface area contributed by atoms with Crippen LogP contribution >= 0.6 is 0 Å². The average molecular weight is 253 g/mol. The molecule has 0 rings (SSSR count). The zero-order valence-electron chi connectivity index (χ0n) is 11.6. The number of amides is 2. The molecule has 0 heterocycles. The van der Waals surface area contributed by atoms with Gasteiger partial charge >= 0.3 is 0 Å². The van der Waals surface area contributed by atoms with Gasteiger partial charge in [0.2, 0.25) is 11.8 Å². The molecule has 0 saturated carbocycles. The van der Waals surface area contributed by atoms with Crippen molar-refractivity contribution in [2.75, 3.05) is 6.54 Å². The lowest BCUT2D eigenvalue weighted by Crippen LogP contribution is -2.47. The first-order chi connectivity index (χ1) is 8.42. The first-order valence-electron chi connectivity index (χ1n) is 6.40. The van der Waals surface area contributed by atoms with Crippen molar-refractivity contribution in [1.82, 2.24) is 10.6 Å². The van der Waals surface area contributed by atoms with Crippen LogP contribution in [0.3, 0.4) is 0 Å². The second-order valence-corrected chi connectivity index (χ2v) is 4.84. The highest BCUT2D eigenvalue weighted by Gasteiger charge is 2.21. The van der Waals surface area contributed by atoms with E-state index in [1.54, 1.807) is 6.92 Å². The average Bonchev–Trinajstić information content (AvgIpc) is 2.32. The Morgan fingerprint density at radius 3 is 2.28 bits per heavy atom. The van der Waals surface area contributed by atoms with Gasteiger partial charge < -0.3 is 10.6 Å². The quantitative estimate of drug-likeness (QED) is 0.715. The van der Waals surface area contributed by atoms with E-state index in [-0.39, 0.29) is 11.8 Å². The van der Waals surface area contributed by atoms with Crippen LogP contribution in [0, 0.1) is 23.2 Å². The van der Waals surface area contributed by atoms with Gasteiger partial charge in [0.15, 0.2) is 0 Å². The Morgan fingerprint density at radius 2 is 1.83 bits per heavy atom. The van der Waals surface area contributed by atoms with Crippen LogP contribution in [0.4, 0.5) is 0 Å². The summed E-state index contributed by atoms with van der Waals surface area (Å²) in [4.78, 5) is 23.3. The largest absolute Gasteiger partial charge is 0.354 e. The van der Waals surface area contributed by atoms with Crippen molar-refractivity contribution < 1.29 is 9.59 Å². The topological polar surface area (TPSA) is 82.0 Å². The maximum absolute atomic E-state index is 11.7. The zero-order valence-corrected chi connectivity index (χ0v) is 11.6. The van der Waals surface area contributed by atoms with E-state index in [2.05, 4.69) is 10.6 Å². The second-order valence-electron chi connectivity index (χ2n) is 4.84. The predicted molar refractivity (Wildman–Crippen MR) is 69.5 cm³/mol. The van der Waals surface area contributed by atoms with Crippen LogP contribution in [0.15, 0.2) is 0 Å². The second kappa shape index (κ2) is 8.51. The Kier molecular flexibility index (Phi) is 7.77. The van der Waals surface area contributed by atoms with Gasteiger partial charge in [-0.2, -0.15) is 5.26 Å². The fraction of sp³-hybridized carbons (Fsp3) is 0.769. The zero-order chi connectivity index (χ0) is 14.1. The number of carbonyl (C=O) groups excluding carboxylic acids is 2. The van der Waals surface area contributed by atoms with E-state index in [4.69, 9.17) is 5.26 Å². The third kappa shape index (κ3) is 6.24. The molecule has 2 N–H and O–H groups in total. The molecule has 5 heteroatoms. The molecule has 0 bridgehead atoms. The van der Waals surface area contributed by atoms with Crippen molar-refractivity contribution in [2.45, 2.75) is 46.6 Å². The molecule has 102 valence electrons. The Hall–Kier alpha value is -1.57. The summed E-state index contributed by atoms with van der Waals surface area (Å²) in [6.07, 6.45) is 1.28. The molecular formula is C13H23N3O2. The van der Waals surface area contributed by atoms with Crippen molar-refractivity contribution in [1.29, 1.82) is 5.26 Å². The fourth-order valence-electron chi connectivity index (χ4n) is 1.38. The van der Waals surface area contributed by atoms with Crippen LogP contribution in [-0.2, 0) is 9.59 Å². The molecule has 2 atom stereocenters. The minimum Gasteiger partial charge on any atom is -0.354 e. The van der Waals surface area contributed by atoms with Crippen LogP contribution < -0.4 is 10.6 Å². The summed E-state index contributed by atoms with van der Waals surface area (Å²) >= 11 is 0. The summed E-state index contributed by atoms with van der Waals surface area (Å²) in [6.45, 7) is 8.10. The lowest BCUT2D eigenvalue weighted by molar-refractivity contribution is -0.130. The third-order valence-electron chi connectivity index (χ3n) is 2.49. The molecule has 0 aromatic carbocycles. The summed E-state index contributed by atoms with van der Waals surface area (Å²) in [7, 11) is 0. The van der Waals surface area contributed by atoms with E-state index in [1.807, 2.05) is 26.8 Å². The predicted octanol–water partition coefficient (Wildman–Crippen LogP) is 1.20. The highest BCUT2D eigenvalue weighted by Crippen LogP contribution is 2.05. The molecule has 0 aliphatic carbocycles. The van der Waals surface area contributed by atoms with E-state index in [0.29, 0.717) is 18.9 Å². The summed E-state index contributed by atoms with van der Waals surface area (Å²) in [5.41, 5.74) is 0. The molecule has 0 saturated heterocycles. The third-order valence-corrected chi connectivity index (χ3v) is 2.49. The van der Waals surface area contributed by atoms with Gasteiger partial charge in [-0.25, -0.2) is 0 Å². The molecule has 0 spiro atoms. The Morgan fingerprint density at radius 1 is 1.22 bits per heavy atom. The smallest absolute Gasteiger partial charge is 0.242 e. The number of hydrogen-bond donors (Lipinski definition) is 2. The van der Waals surface area contributed by atoms with Gasteiger partial charge in [0.1, 0.15) is 12.0 Å². The van der Waals surface area contributed by atoms with Crippen LogP contribution in [-0.4, -0.2) is 24.4 Å². The first kappa shape index (κ1) is 16.4. The minimum atomic E-state index is -0.671. The molecular weight excluding hydrogens is 230 g/mol. The minimum absolute atomic E-state index is 0.217. The maximum atomic E-state index is 11.7. The normalized spacial score (nSPS) is 13.6. The highest BCUT2D eigenvalue weighted by molar-refractivity contribution is 5.89. The number of hydrogen-bond acceptors (Lipinski definition) is 3. The van der Waals surface area contributed by atoms with Gasteiger partial charge in [-0.15, -0.1) is 0 Å². The van der Waals surface area contributed by atoms with E-state index >= 15 is 0 Å². The molecule has 2 amide bonds. The van der Waals surface area contributed by atoms with Crippen LogP contribution in [0.1, 0.15) is 40.5 Å². The summed E-state index contributed by atoms with van der Waals surface area (Å²) < 4.78 is 0. The van der Waals surface area contributed by atoms with Gasteiger partial charge in [-0.05, 0) is 19.3 Å². The van der Waals surface area contributed by atoms with Crippen molar-refractivity contribution in [3.63, 3.8) is 0 Å². The van der Waals surface area contributed by atoms with E-state index in [9.17, 15) is 9.59 Å². The Balaban J connectivity index is 4.21. The van der Waals surface area contributed by atoms with Gasteiger partial charge in [-0.3, -0.25) is 9.59 Å². The lowest BCUT2D eigenvalue weighted by Gasteiger charge is -2.16. The van der Waals surface area contributed by atoms with E-state index in [0.717, 1.165) is 6.42 Å². The molecule has 0 aromatic heterocycles. The van der Waals surface area contributed by atoms with Crippen LogP contribution in [0.25, 0.3) is 0 Å². The Bertz CT molecular complexity index is 321. The van der Waals surface area contributed by atoms with Crippen LogP contribution in [0.5, 0.6) is 0 Å². The summed E-state index contributed by atoms with van der Waals surface area (Å²) in [6, 6.07) is 1.35. The van der Waals surface area contributed by atoms with Gasteiger partial charge in [0.25, 0.3) is 0 Å². The highest BCUT2D eigenvalue weighted by atomic mass is 16.2. The molecule has 5 nitrogen and oxygen atoms in total. The molecule has 2 unspecified atom stereocenters. The summed E-state index contributed by atoms with van der Waals surface area (Å²) in [5.74, 6) is -0.893. The monoisotopic (exact) mass is 253 g/mol. The number of carbonyl (C=O) groups is 2. The number of nitriles is 1. The van der Waals surface area contributed by atoms with Crippen molar-refractivity contribution >= 4 is 11.8 Å². The van der Waals surface area contributed by atoms with Crippen molar-refractivity contribution in [3.05, 3.63) is 0 Å². The molecule has 18 heavy (non-hydrogen) atoms. The fourth-order valence-corrected chi connectivity index (χ4v) is 1.38. The summed E-state index contributed by atoms with van der Waals surface area (Å²) in [5, 5.41) is 14.1. The Labute approximate surface area is 109 Å². The SMILES string of the molecule is CCCC(C#N)C(=O)NC(C)C(=O)NCC(C)C.